The first-order valence-corrected chi connectivity index (χ1v) is 15.8. The van der Waals surface area contributed by atoms with E-state index in [4.69, 9.17) is 4.74 Å². The summed E-state index contributed by atoms with van der Waals surface area (Å²) in [6.07, 6.45) is 8.11. The molecule has 0 spiro atoms. The minimum Gasteiger partial charge on any atom is -0.378 e. The predicted octanol–water partition coefficient (Wildman–Crippen LogP) is 5.91. The fourth-order valence-electron chi connectivity index (χ4n) is 5.96. The minimum absolute atomic E-state index is 0.172. The zero-order chi connectivity index (χ0) is 28.2. The van der Waals surface area contributed by atoms with Gasteiger partial charge in [0, 0.05) is 53.5 Å². The summed E-state index contributed by atoms with van der Waals surface area (Å²) in [5, 5.41) is 0. The molecule has 6 rings (SSSR count). The molecule has 8 heteroatoms. The fourth-order valence-corrected chi connectivity index (χ4v) is 7.54. The van der Waals surface area contributed by atoms with Crippen molar-refractivity contribution in [3.8, 4) is 0 Å². The van der Waals surface area contributed by atoms with E-state index < -0.39 is 10.0 Å². The average molecular weight is 571 g/mol. The van der Waals surface area contributed by atoms with Crippen LogP contribution in [0.5, 0.6) is 0 Å². The Morgan fingerprint density at radius 3 is 2.41 bits per heavy atom. The van der Waals surface area contributed by atoms with Gasteiger partial charge in [-0.2, -0.15) is 4.31 Å². The van der Waals surface area contributed by atoms with E-state index in [1.54, 1.807) is 17.7 Å². The number of ether oxygens (including phenoxy) is 1. The lowest BCUT2D eigenvalue weighted by atomic mass is 9.91. The van der Waals surface area contributed by atoms with Crippen LogP contribution in [0.4, 0.5) is 5.69 Å². The van der Waals surface area contributed by atoms with Gasteiger partial charge in [0.2, 0.25) is 16.6 Å². The maximum atomic E-state index is 13.6. The number of nitrogens with zero attached hydrogens (tertiary/aromatic N) is 3. The lowest BCUT2D eigenvalue weighted by molar-refractivity contribution is -0.480. The molecule has 0 amide bonds. The van der Waals surface area contributed by atoms with Crippen LogP contribution in [0.15, 0.2) is 107 Å². The zero-order valence-corrected chi connectivity index (χ0v) is 24.0. The molecule has 1 unspecified atom stereocenters. The molecule has 1 fully saturated rings. The molecule has 0 aromatic heterocycles. The number of rotatable bonds is 8. The SMILES string of the molecule is O=[N+](Cc1ccc(CN2CCC3=C(C=CCC3)C2)cc1)c1ccc(S(=O)(=O)N2CCOCC2c2ccccc2)cc1. The Morgan fingerprint density at radius 1 is 0.878 bits per heavy atom. The number of allylic oxidation sites excluding steroid dienone is 1. The van der Waals surface area contributed by atoms with Crippen LogP contribution in [0, 0.1) is 4.91 Å². The zero-order valence-electron chi connectivity index (χ0n) is 23.2. The van der Waals surface area contributed by atoms with E-state index in [-0.39, 0.29) is 24.0 Å². The van der Waals surface area contributed by atoms with Gasteiger partial charge in [-0.15, -0.1) is 0 Å². The van der Waals surface area contributed by atoms with Crippen molar-refractivity contribution >= 4 is 15.7 Å². The molecular formula is C33H36N3O4S+. The number of morpholine rings is 1. The molecule has 0 radical (unpaired) electrons. The Labute approximate surface area is 242 Å². The minimum atomic E-state index is -3.76. The second kappa shape index (κ2) is 12.2. The third kappa shape index (κ3) is 6.26. The van der Waals surface area contributed by atoms with Gasteiger partial charge >= 0.3 is 0 Å². The van der Waals surface area contributed by atoms with Gasteiger partial charge in [-0.1, -0.05) is 72.3 Å². The van der Waals surface area contributed by atoms with E-state index in [9.17, 15) is 13.3 Å². The third-order valence-corrected chi connectivity index (χ3v) is 10.2. The molecule has 1 aliphatic carbocycles. The van der Waals surface area contributed by atoms with E-state index in [1.165, 1.54) is 40.4 Å². The second-order valence-electron chi connectivity index (χ2n) is 11.0. The molecular weight excluding hydrogens is 534 g/mol. The van der Waals surface area contributed by atoms with Crippen molar-refractivity contribution in [1.29, 1.82) is 0 Å². The lowest BCUT2D eigenvalue weighted by Gasteiger charge is -2.34. The van der Waals surface area contributed by atoms with Gasteiger partial charge in [0.25, 0.3) is 5.69 Å². The molecule has 3 aromatic rings. The van der Waals surface area contributed by atoms with E-state index >= 15 is 0 Å². The Balaban J connectivity index is 1.08. The molecule has 7 nitrogen and oxygen atoms in total. The Bertz CT molecular complexity index is 1550. The molecule has 0 N–H and O–H groups in total. The average Bonchev–Trinajstić information content (AvgIpc) is 3.02. The molecule has 2 heterocycles. The Morgan fingerprint density at radius 2 is 1.63 bits per heavy atom. The van der Waals surface area contributed by atoms with Crippen molar-refractivity contribution in [3.63, 3.8) is 0 Å². The van der Waals surface area contributed by atoms with Gasteiger partial charge in [-0.25, -0.2) is 8.42 Å². The first-order chi connectivity index (χ1) is 20.0. The standard InChI is InChI=1S/C33H36N3O4S/c37-35(23-27-12-10-26(11-13-27)22-34-19-18-28-6-4-5-9-30(28)24-34)31-14-16-32(17-15-31)41(38,39)36-20-21-40-25-33(36)29-7-2-1-3-8-29/h1-3,5,7-17,33H,4,6,18-25H2/q+1. The van der Waals surface area contributed by atoms with Crippen molar-refractivity contribution in [3.05, 3.63) is 124 Å². The van der Waals surface area contributed by atoms with Crippen LogP contribution in [-0.2, 0) is 27.8 Å². The lowest BCUT2D eigenvalue weighted by Crippen LogP contribution is -2.43. The number of hydrogen-bond acceptors (Lipinski definition) is 5. The number of benzene rings is 3. The highest BCUT2D eigenvalue weighted by atomic mass is 32.2. The quantitative estimate of drug-likeness (QED) is 0.315. The fraction of sp³-hybridized carbons (Fsp3) is 0.333. The third-order valence-electron chi connectivity index (χ3n) is 8.26. The van der Waals surface area contributed by atoms with E-state index in [0.29, 0.717) is 18.9 Å². The summed E-state index contributed by atoms with van der Waals surface area (Å²) >= 11 is 0. The molecule has 0 saturated carbocycles. The Hall–Kier alpha value is -3.43. The molecule has 212 valence electrons. The van der Waals surface area contributed by atoms with E-state index in [2.05, 4.69) is 29.2 Å². The normalized spacial score (nSPS) is 20.1. The number of hydrogen-bond donors (Lipinski definition) is 0. The van der Waals surface area contributed by atoms with Gasteiger partial charge in [-0.05, 0) is 48.1 Å². The molecule has 3 aromatic carbocycles. The van der Waals surface area contributed by atoms with Crippen LogP contribution < -0.4 is 0 Å². The topological polar surface area (TPSA) is 69.9 Å². The summed E-state index contributed by atoms with van der Waals surface area (Å²) in [7, 11) is -3.76. The Kier molecular flexibility index (Phi) is 8.25. The van der Waals surface area contributed by atoms with Gasteiger partial charge in [0.15, 0.2) is 0 Å². The summed E-state index contributed by atoms with van der Waals surface area (Å²) in [6, 6.07) is 23.6. The molecule has 41 heavy (non-hydrogen) atoms. The monoisotopic (exact) mass is 570 g/mol. The van der Waals surface area contributed by atoms with Crippen LogP contribution >= 0.6 is 0 Å². The summed E-state index contributed by atoms with van der Waals surface area (Å²) in [6.45, 7) is 4.12. The van der Waals surface area contributed by atoms with Gasteiger partial charge in [0.05, 0.1) is 24.2 Å². The van der Waals surface area contributed by atoms with Crippen molar-refractivity contribution in [2.24, 2.45) is 0 Å². The van der Waals surface area contributed by atoms with Crippen molar-refractivity contribution in [2.75, 3.05) is 32.8 Å². The summed E-state index contributed by atoms with van der Waals surface area (Å²) in [5.74, 6) is 0. The van der Waals surface area contributed by atoms with Crippen molar-refractivity contribution in [2.45, 2.75) is 43.3 Å². The van der Waals surface area contributed by atoms with Gasteiger partial charge in [-0.3, -0.25) is 4.90 Å². The van der Waals surface area contributed by atoms with E-state index in [0.717, 1.165) is 41.9 Å². The maximum absolute atomic E-state index is 13.6. The highest BCUT2D eigenvalue weighted by Gasteiger charge is 2.35. The smallest absolute Gasteiger partial charge is 0.256 e. The van der Waals surface area contributed by atoms with Gasteiger partial charge in [0.1, 0.15) is 0 Å². The molecule has 1 saturated heterocycles. The largest absolute Gasteiger partial charge is 0.378 e. The molecule has 3 aliphatic rings. The summed E-state index contributed by atoms with van der Waals surface area (Å²) in [5.41, 5.74) is 6.58. The highest BCUT2D eigenvalue weighted by Crippen LogP contribution is 2.31. The summed E-state index contributed by atoms with van der Waals surface area (Å²) in [4.78, 5) is 15.6. The van der Waals surface area contributed by atoms with E-state index in [1.807, 2.05) is 42.5 Å². The van der Waals surface area contributed by atoms with Crippen LogP contribution in [0.1, 0.15) is 42.0 Å². The van der Waals surface area contributed by atoms with Crippen LogP contribution in [0.3, 0.4) is 0 Å². The maximum Gasteiger partial charge on any atom is 0.256 e. The summed E-state index contributed by atoms with van der Waals surface area (Å²) < 4.78 is 35.1. The van der Waals surface area contributed by atoms with Crippen LogP contribution in [-0.4, -0.2) is 55.2 Å². The predicted molar refractivity (Wildman–Crippen MR) is 159 cm³/mol. The highest BCUT2D eigenvalue weighted by molar-refractivity contribution is 7.89. The molecule has 0 bridgehead atoms. The van der Waals surface area contributed by atoms with Crippen molar-refractivity contribution in [1.82, 2.24) is 9.21 Å². The first kappa shape index (κ1) is 27.7. The molecule has 1 atom stereocenters. The second-order valence-corrected chi connectivity index (χ2v) is 12.9. The van der Waals surface area contributed by atoms with Crippen LogP contribution in [0.25, 0.3) is 0 Å². The number of nitroso groups, excluding NO2 is 1. The first-order valence-electron chi connectivity index (χ1n) is 14.3. The van der Waals surface area contributed by atoms with Crippen molar-refractivity contribution < 1.29 is 17.9 Å². The number of sulfonamides is 1. The molecule has 2 aliphatic heterocycles. The van der Waals surface area contributed by atoms with Gasteiger partial charge < -0.3 is 4.74 Å². The van der Waals surface area contributed by atoms with Crippen LogP contribution in [0.2, 0.25) is 0 Å².